The van der Waals surface area contributed by atoms with Gasteiger partial charge in [-0.15, -0.1) is 4.73 Å². The van der Waals surface area contributed by atoms with Gasteiger partial charge in [-0.2, -0.15) is 4.73 Å². The van der Waals surface area contributed by atoms with Crippen LogP contribution in [0, 0.1) is 5.21 Å². The topological polar surface area (TPSA) is 80.3 Å². The Morgan fingerprint density at radius 2 is 1.80 bits per heavy atom. The lowest BCUT2D eigenvalue weighted by atomic mass is 10.1. The Morgan fingerprint density at radius 1 is 1.03 bits per heavy atom. The molecule has 0 N–H and O–H groups in total. The van der Waals surface area contributed by atoms with E-state index in [9.17, 15) is 10.0 Å². The molecule has 30 heavy (non-hydrogen) atoms. The third-order valence-electron chi connectivity index (χ3n) is 4.58. The average Bonchev–Trinajstić information content (AvgIpc) is 2.79. The van der Waals surface area contributed by atoms with Gasteiger partial charge in [-0.1, -0.05) is 25.1 Å². The summed E-state index contributed by atoms with van der Waals surface area (Å²) in [6.07, 6.45) is 2.55. The molecule has 7 nitrogen and oxygen atoms in total. The Kier molecular flexibility index (Phi) is 5.61. The second kappa shape index (κ2) is 8.65. The smallest absolute Gasteiger partial charge is 0.357 e. The number of fused-ring (bicyclic) bond motifs is 1. The van der Waals surface area contributed by atoms with E-state index in [2.05, 4.69) is 4.98 Å². The molecule has 0 aliphatic heterocycles. The Labute approximate surface area is 173 Å². The lowest BCUT2D eigenvalue weighted by molar-refractivity contribution is -0.566. The molecular weight excluding hydrogens is 382 g/mol. The first-order chi connectivity index (χ1) is 14.7. The van der Waals surface area contributed by atoms with Gasteiger partial charge in [0.15, 0.2) is 12.1 Å². The molecule has 2 heterocycles. The first kappa shape index (κ1) is 19.4. The molecule has 0 radical (unpaired) electrons. The van der Waals surface area contributed by atoms with E-state index >= 15 is 0 Å². The third kappa shape index (κ3) is 3.82. The fraction of sp³-hybridized carbons (Fsp3) is 0.174. The van der Waals surface area contributed by atoms with Crippen LogP contribution in [0.1, 0.15) is 19.0 Å². The van der Waals surface area contributed by atoms with Crippen molar-refractivity contribution >= 4 is 11.0 Å². The molecule has 152 valence electrons. The van der Waals surface area contributed by atoms with Gasteiger partial charge in [0.2, 0.25) is 5.52 Å². The maximum Gasteiger partial charge on any atom is 0.357 e. The van der Waals surface area contributed by atoms with E-state index in [1.165, 1.54) is 0 Å². The van der Waals surface area contributed by atoms with Crippen molar-refractivity contribution in [2.75, 3.05) is 6.61 Å². The van der Waals surface area contributed by atoms with Crippen LogP contribution < -0.4 is 19.9 Å². The monoisotopic (exact) mass is 403 g/mol. The van der Waals surface area contributed by atoms with Gasteiger partial charge in [-0.3, -0.25) is 9.78 Å². The van der Waals surface area contributed by atoms with Gasteiger partial charge < -0.3 is 14.8 Å². The maximum atomic E-state index is 13.2. The number of pyridine rings is 1. The van der Waals surface area contributed by atoms with Gasteiger partial charge in [0.1, 0.15) is 5.75 Å². The normalized spacial score (nSPS) is 10.8. The highest BCUT2D eigenvalue weighted by atomic mass is 16.7. The zero-order valence-electron chi connectivity index (χ0n) is 16.5. The standard InChI is InChI=1S/C23H21N3O4/c1-2-15-29-19-12-10-17(11-13-19)22-23(27)26(30-16-18-7-5-6-14-24-18)21-9-4-3-8-20(21)25(22)28/h3-14H,2,15-16H2,1H3. The molecule has 0 saturated heterocycles. The van der Waals surface area contributed by atoms with Crippen molar-refractivity contribution < 1.29 is 14.3 Å². The van der Waals surface area contributed by atoms with E-state index in [0.29, 0.717) is 39.4 Å². The Hall–Kier alpha value is -3.87. The number of rotatable bonds is 7. The van der Waals surface area contributed by atoms with Gasteiger partial charge in [-0.05, 0) is 48.9 Å². The predicted molar refractivity (Wildman–Crippen MR) is 113 cm³/mol. The molecule has 0 spiro atoms. The summed E-state index contributed by atoms with van der Waals surface area (Å²) in [5.74, 6) is 0.686. The molecule has 4 aromatic rings. The quantitative estimate of drug-likeness (QED) is 0.350. The van der Waals surface area contributed by atoms with Crippen LogP contribution in [0.25, 0.3) is 22.3 Å². The summed E-state index contributed by atoms with van der Waals surface area (Å²) in [5, 5.41) is 13.0. The van der Waals surface area contributed by atoms with Crippen LogP contribution in [-0.4, -0.2) is 16.3 Å². The molecule has 0 aliphatic rings. The van der Waals surface area contributed by atoms with Crippen LogP contribution in [-0.2, 0) is 6.61 Å². The van der Waals surface area contributed by atoms with Crippen LogP contribution in [0.2, 0.25) is 0 Å². The predicted octanol–water partition coefficient (Wildman–Crippen LogP) is 3.11. The van der Waals surface area contributed by atoms with Gasteiger partial charge >= 0.3 is 5.56 Å². The molecule has 0 bridgehead atoms. The zero-order chi connectivity index (χ0) is 20.9. The minimum Gasteiger partial charge on any atom is -0.618 e. The molecule has 4 rings (SSSR count). The fourth-order valence-electron chi connectivity index (χ4n) is 3.13. The van der Waals surface area contributed by atoms with E-state index < -0.39 is 5.56 Å². The third-order valence-corrected chi connectivity index (χ3v) is 4.58. The van der Waals surface area contributed by atoms with E-state index in [4.69, 9.17) is 9.57 Å². The molecule has 0 aliphatic carbocycles. The van der Waals surface area contributed by atoms with Crippen LogP contribution in [0.3, 0.4) is 0 Å². The van der Waals surface area contributed by atoms with E-state index in [1.807, 2.05) is 13.0 Å². The highest BCUT2D eigenvalue weighted by molar-refractivity contribution is 5.73. The Bertz CT molecular complexity index is 1210. The van der Waals surface area contributed by atoms with Gasteiger partial charge in [0, 0.05) is 12.3 Å². The van der Waals surface area contributed by atoms with Gasteiger partial charge in [-0.25, -0.2) is 0 Å². The highest BCUT2D eigenvalue weighted by Crippen LogP contribution is 2.20. The largest absolute Gasteiger partial charge is 0.618 e. The second-order valence-electron chi connectivity index (χ2n) is 6.70. The number of ether oxygens (including phenoxy) is 1. The fourth-order valence-corrected chi connectivity index (χ4v) is 3.13. The summed E-state index contributed by atoms with van der Waals surface area (Å²) < 4.78 is 7.40. The number of para-hydroxylation sites is 2. The minimum atomic E-state index is -0.540. The molecule has 0 amide bonds. The molecule has 0 saturated carbocycles. The van der Waals surface area contributed by atoms with Crippen LogP contribution in [0.4, 0.5) is 0 Å². The van der Waals surface area contributed by atoms with Gasteiger partial charge in [0.05, 0.1) is 17.9 Å². The first-order valence-corrected chi connectivity index (χ1v) is 9.73. The average molecular weight is 403 g/mol. The molecule has 2 aromatic carbocycles. The summed E-state index contributed by atoms with van der Waals surface area (Å²) in [7, 11) is 0. The molecular formula is C23H21N3O4. The number of aromatic nitrogens is 3. The highest BCUT2D eigenvalue weighted by Gasteiger charge is 2.23. The summed E-state index contributed by atoms with van der Waals surface area (Å²) in [4.78, 5) is 23.3. The minimum absolute atomic E-state index is 0.0169. The number of benzene rings is 2. The second-order valence-corrected chi connectivity index (χ2v) is 6.70. The van der Waals surface area contributed by atoms with Gasteiger partial charge in [0.25, 0.3) is 5.69 Å². The Morgan fingerprint density at radius 3 is 2.53 bits per heavy atom. The molecule has 7 heteroatoms. The van der Waals surface area contributed by atoms with Crippen molar-refractivity contribution in [2.45, 2.75) is 20.0 Å². The molecule has 0 atom stereocenters. The van der Waals surface area contributed by atoms with Crippen molar-refractivity contribution in [3.8, 4) is 17.0 Å². The summed E-state index contributed by atoms with van der Waals surface area (Å²) >= 11 is 0. The van der Waals surface area contributed by atoms with Crippen molar-refractivity contribution in [3.05, 3.63) is 94.2 Å². The van der Waals surface area contributed by atoms with E-state index in [0.717, 1.165) is 11.2 Å². The van der Waals surface area contributed by atoms with E-state index in [-0.39, 0.29) is 12.3 Å². The maximum absolute atomic E-state index is 13.2. The number of hydrogen-bond donors (Lipinski definition) is 0. The SMILES string of the molecule is CCCOc1ccc(-c2c(=O)n(OCc3ccccn3)c3ccccc3[n+]2[O-])cc1. The molecule has 2 aromatic heterocycles. The summed E-state index contributed by atoms with van der Waals surface area (Å²) in [5.41, 5.74) is 1.32. The van der Waals surface area contributed by atoms with Crippen molar-refractivity contribution in [1.82, 2.24) is 9.71 Å². The lowest BCUT2D eigenvalue weighted by Crippen LogP contribution is -2.42. The van der Waals surface area contributed by atoms with Crippen LogP contribution >= 0.6 is 0 Å². The Balaban J connectivity index is 1.79. The van der Waals surface area contributed by atoms with Crippen molar-refractivity contribution in [3.63, 3.8) is 0 Å². The molecule has 0 fully saturated rings. The van der Waals surface area contributed by atoms with Crippen molar-refractivity contribution in [1.29, 1.82) is 0 Å². The number of hydrogen-bond acceptors (Lipinski definition) is 5. The molecule has 0 unspecified atom stereocenters. The van der Waals surface area contributed by atoms with Crippen LogP contribution in [0.5, 0.6) is 5.75 Å². The van der Waals surface area contributed by atoms with Crippen LogP contribution in [0.15, 0.2) is 77.7 Å². The lowest BCUT2D eigenvalue weighted by Gasteiger charge is -2.14. The summed E-state index contributed by atoms with van der Waals surface area (Å²) in [6.45, 7) is 2.72. The zero-order valence-corrected chi connectivity index (χ0v) is 16.5. The summed E-state index contributed by atoms with van der Waals surface area (Å²) in [6, 6.07) is 19.2. The van der Waals surface area contributed by atoms with E-state index in [1.54, 1.807) is 66.9 Å². The number of nitrogens with zero attached hydrogens (tertiary/aromatic N) is 3. The first-order valence-electron chi connectivity index (χ1n) is 9.73. The van der Waals surface area contributed by atoms with Crippen molar-refractivity contribution in [2.24, 2.45) is 0 Å².